The molecular formula is C25H29NO5. The van der Waals surface area contributed by atoms with E-state index in [1.54, 1.807) is 11.8 Å². The van der Waals surface area contributed by atoms with Gasteiger partial charge in [0.1, 0.15) is 5.41 Å². The molecule has 0 N–H and O–H groups in total. The number of hydrogen-bond donors (Lipinski definition) is 0. The van der Waals surface area contributed by atoms with Gasteiger partial charge in [0.15, 0.2) is 11.7 Å². The summed E-state index contributed by atoms with van der Waals surface area (Å²) in [6, 6.07) is 19.4. The highest BCUT2D eigenvalue weighted by Crippen LogP contribution is 2.53. The zero-order chi connectivity index (χ0) is 21.9. The molecule has 2 heterocycles. The third-order valence-corrected chi connectivity index (χ3v) is 6.31. The van der Waals surface area contributed by atoms with Gasteiger partial charge in [-0.25, -0.2) is 9.78 Å². The maximum absolute atomic E-state index is 13.4. The molecule has 0 aromatic heterocycles. The molecule has 6 heteroatoms. The highest BCUT2D eigenvalue weighted by Gasteiger charge is 2.66. The fourth-order valence-electron chi connectivity index (χ4n) is 4.73. The largest absolute Gasteiger partial charge is 0.465 e. The van der Waals surface area contributed by atoms with Gasteiger partial charge in [0.2, 0.25) is 0 Å². The van der Waals surface area contributed by atoms with E-state index in [9.17, 15) is 9.59 Å². The number of nitrogens with zero attached hydrogens (tertiary/aromatic N) is 1. The highest BCUT2D eigenvalue weighted by molar-refractivity contribution is 5.94. The predicted molar refractivity (Wildman–Crippen MR) is 115 cm³/mol. The predicted octanol–water partition coefficient (Wildman–Crippen LogP) is 3.84. The van der Waals surface area contributed by atoms with E-state index >= 15 is 0 Å². The number of unbranched alkanes of at least 4 members (excludes halogenated alkanes) is 1. The molecule has 2 aliphatic heterocycles. The molecule has 2 saturated heterocycles. The molecule has 0 saturated carbocycles. The Morgan fingerprint density at radius 3 is 2.23 bits per heavy atom. The molecule has 0 bridgehead atoms. The Morgan fingerprint density at radius 1 is 1.06 bits per heavy atom. The van der Waals surface area contributed by atoms with Gasteiger partial charge in [-0.2, -0.15) is 0 Å². The molecule has 0 radical (unpaired) electrons. The molecular weight excluding hydrogens is 394 g/mol. The molecule has 0 spiro atoms. The van der Waals surface area contributed by atoms with Gasteiger partial charge in [-0.15, -0.1) is 0 Å². The Hall–Kier alpha value is -2.70. The topological polar surface area (TPSA) is 65.1 Å². The van der Waals surface area contributed by atoms with E-state index in [4.69, 9.17) is 14.5 Å². The van der Waals surface area contributed by atoms with Gasteiger partial charge in [0.25, 0.3) is 5.91 Å². The van der Waals surface area contributed by atoms with Crippen LogP contribution in [0.25, 0.3) is 0 Å². The number of rotatable bonds is 7. The van der Waals surface area contributed by atoms with E-state index < -0.39 is 23.1 Å². The van der Waals surface area contributed by atoms with Crippen molar-refractivity contribution in [2.75, 3.05) is 19.7 Å². The van der Waals surface area contributed by atoms with Crippen molar-refractivity contribution in [3.8, 4) is 0 Å². The van der Waals surface area contributed by atoms with Crippen LogP contribution in [0.15, 0.2) is 60.7 Å². The maximum atomic E-state index is 13.4. The van der Waals surface area contributed by atoms with E-state index in [0.717, 1.165) is 24.0 Å². The van der Waals surface area contributed by atoms with E-state index in [1.807, 2.05) is 60.7 Å². The number of ether oxygens (including phenoxy) is 1. The first-order valence-electron chi connectivity index (χ1n) is 11.0. The van der Waals surface area contributed by atoms with Crippen LogP contribution in [0, 0.1) is 5.41 Å². The monoisotopic (exact) mass is 423 g/mol. The molecule has 2 unspecified atom stereocenters. The third kappa shape index (κ3) is 3.64. The van der Waals surface area contributed by atoms with Gasteiger partial charge in [-0.05, 0) is 24.5 Å². The van der Waals surface area contributed by atoms with Crippen molar-refractivity contribution in [3.05, 3.63) is 71.8 Å². The van der Waals surface area contributed by atoms with Crippen LogP contribution in [0.3, 0.4) is 0 Å². The molecule has 2 aliphatic rings. The van der Waals surface area contributed by atoms with Crippen LogP contribution in [0.1, 0.15) is 44.2 Å². The van der Waals surface area contributed by atoms with Crippen molar-refractivity contribution in [1.29, 1.82) is 0 Å². The van der Waals surface area contributed by atoms with Crippen molar-refractivity contribution < 1.29 is 24.1 Å². The van der Waals surface area contributed by atoms with E-state index in [0.29, 0.717) is 6.54 Å². The number of esters is 1. The first-order valence-corrected chi connectivity index (χ1v) is 11.0. The molecule has 2 fully saturated rings. The van der Waals surface area contributed by atoms with Crippen LogP contribution in [0.2, 0.25) is 0 Å². The number of benzene rings is 2. The number of carbonyl (C=O) groups is 2. The summed E-state index contributed by atoms with van der Waals surface area (Å²) in [7, 11) is 0. The minimum Gasteiger partial charge on any atom is -0.465 e. The van der Waals surface area contributed by atoms with E-state index in [1.165, 1.54) is 0 Å². The van der Waals surface area contributed by atoms with Gasteiger partial charge in [-0.3, -0.25) is 9.59 Å². The molecule has 6 nitrogen and oxygen atoms in total. The summed E-state index contributed by atoms with van der Waals surface area (Å²) >= 11 is 0. The summed E-state index contributed by atoms with van der Waals surface area (Å²) in [5.41, 5.74) is -0.456. The first kappa shape index (κ1) is 21.5. The summed E-state index contributed by atoms with van der Waals surface area (Å²) in [5.74, 6) is -0.622. The first-order chi connectivity index (χ1) is 15.1. The van der Waals surface area contributed by atoms with Crippen molar-refractivity contribution in [3.63, 3.8) is 0 Å². The summed E-state index contributed by atoms with van der Waals surface area (Å²) < 4.78 is 5.50. The van der Waals surface area contributed by atoms with Crippen LogP contribution >= 0.6 is 0 Å². The Bertz CT molecular complexity index is 877. The number of hydrogen-bond acceptors (Lipinski definition) is 5. The number of carbonyl (C=O) groups excluding carboxylic acids is 2. The van der Waals surface area contributed by atoms with Gasteiger partial charge in [-0.1, -0.05) is 74.0 Å². The van der Waals surface area contributed by atoms with Crippen molar-refractivity contribution in [1.82, 2.24) is 4.90 Å². The molecule has 164 valence electrons. The van der Waals surface area contributed by atoms with Crippen molar-refractivity contribution in [2.45, 2.75) is 44.8 Å². The Labute approximate surface area is 183 Å². The Kier molecular flexibility index (Phi) is 6.12. The molecule has 1 amide bonds. The second-order valence-corrected chi connectivity index (χ2v) is 8.29. The summed E-state index contributed by atoms with van der Waals surface area (Å²) in [4.78, 5) is 40.2. The fourth-order valence-corrected chi connectivity index (χ4v) is 4.73. The second-order valence-electron chi connectivity index (χ2n) is 8.29. The van der Waals surface area contributed by atoms with Crippen LogP contribution < -0.4 is 0 Å². The maximum Gasteiger partial charge on any atom is 0.317 e. The third-order valence-electron chi connectivity index (χ3n) is 6.31. The van der Waals surface area contributed by atoms with Crippen molar-refractivity contribution >= 4 is 11.9 Å². The average molecular weight is 424 g/mol. The zero-order valence-electron chi connectivity index (χ0n) is 18.1. The molecule has 4 rings (SSSR count). The molecule has 31 heavy (non-hydrogen) atoms. The molecule has 2 aromatic rings. The van der Waals surface area contributed by atoms with Crippen LogP contribution in [0.5, 0.6) is 0 Å². The number of likely N-dealkylation sites (tertiary alicyclic amines) is 1. The lowest BCUT2D eigenvalue weighted by atomic mass is 9.69. The number of amides is 1. The summed E-state index contributed by atoms with van der Waals surface area (Å²) in [6.07, 6.45) is 1.06. The average Bonchev–Trinajstić information content (AvgIpc) is 3.11. The molecule has 0 aliphatic carbocycles. The lowest BCUT2D eigenvalue weighted by Crippen LogP contribution is -2.55. The fraction of sp³-hybridized carbons (Fsp3) is 0.440. The van der Waals surface area contributed by atoms with Gasteiger partial charge in [0.05, 0.1) is 6.61 Å². The van der Waals surface area contributed by atoms with Crippen LogP contribution in [-0.4, -0.2) is 42.6 Å². The lowest BCUT2D eigenvalue weighted by Gasteiger charge is -2.45. The van der Waals surface area contributed by atoms with Crippen molar-refractivity contribution in [2.24, 2.45) is 5.41 Å². The standard InChI is InChI=1S/C25H29NO5/c1-3-5-16-26-18-24(23(28)29-4-2)17-25(19-12-8-6-9-13-19,20-14-10-7-11-15-20)31-30-21(24)22(26)27/h6-15,21H,3-5,16-18H2,1-2H3. The number of fused-ring (bicyclic) bond motifs is 1. The van der Waals surface area contributed by atoms with Gasteiger partial charge in [0, 0.05) is 19.5 Å². The quantitative estimate of drug-likeness (QED) is 0.500. The van der Waals surface area contributed by atoms with E-state index in [-0.39, 0.29) is 25.5 Å². The summed E-state index contributed by atoms with van der Waals surface area (Å²) in [6.45, 7) is 4.93. The van der Waals surface area contributed by atoms with Gasteiger partial charge < -0.3 is 9.64 Å². The highest BCUT2D eigenvalue weighted by atomic mass is 17.2. The van der Waals surface area contributed by atoms with Crippen LogP contribution in [0.4, 0.5) is 0 Å². The van der Waals surface area contributed by atoms with E-state index in [2.05, 4.69) is 6.92 Å². The zero-order valence-corrected chi connectivity index (χ0v) is 18.1. The SMILES string of the molecule is CCCCN1CC2(C(=O)OCC)CC(c3ccccc3)(c3ccccc3)OOC2C1=O. The minimum atomic E-state index is -1.15. The van der Waals surface area contributed by atoms with Crippen LogP contribution in [-0.2, 0) is 29.7 Å². The smallest absolute Gasteiger partial charge is 0.317 e. The normalized spacial score (nSPS) is 24.6. The molecule has 2 atom stereocenters. The van der Waals surface area contributed by atoms with Gasteiger partial charge >= 0.3 is 5.97 Å². The lowest BCUT2D eigenvalue weighted by molar-refractivity contribution is -0.413. The second kappa shape index (κ2) is 8.81. The molecule has 2 aromatic carbocycles. The minimum absolute atomic E-state index is 0.212. The Balaban J connectivity index is 1.82. The Morgan fingerprint density at radius 2 is 1.68 bits per heavy atom. The summed E-state index contributed by atoms with van der Waals surface area (Å²) in [5, 5.41) is 0.